The molecule has 0 N–H and O–H groups in total. The van der Waals surface area contributed by atoms with E-state index in [-0.39, 0.29) is 18.0 Å². The van der Waals surface area contributed by atoms with Crippen molar-refractivity contribution in [1.29, 1.82) is 0 Å². The molecule has 0 radical (unpaired) electrons. The first kappa shape index (κ1) is 13.1. The number of ether oxygens (including phenoxy) is 2. The molecular weight excluding hydrogens is 236 g/mol. The second-order valence-electron chi connectivity index (χ2n) is 4.49. The number of amides is 2. The third kappa shape index (κ3) is 2.75. The number of hydrogen-bond acceptors (Lipinski definition) is 4. The van der Waals surface area contributed by atoms with E-state index < -0.39 is 0 Å². The Labute approximate surface area is 107 Å². The van der Waals surface area contributed by atoms with Crippen molar-refractivity contribution in [2.24, 2.45) is 0 Å². The van der Waals surface area contributed by atoms with Gasteiger partial charge >= 0.3 is 6.09 Å². The van der Waals surface area contributed by atoms with Gasteiger partial charge < -0.3 is 14.4 Å². The topological polar surface area (TPSA) is 59.1 Å². The van der Waals surface area contributed by atoms with Gasteiger partial charge in [-0.25, -0.2) is 4.79 Å². The van der Waals surface area contributed by atoms with Crippen LogP contribution in [0, 0.1) is 0 Å². The minimum atomic E-state index is -0.374. The highest BCUT2D eigenvalue weighted by Gasteiger charge is 2.37. The van der Waals surface area contributed by atoms with Gasteiger partial charge in [-0.15, -0.1) is 0 Å². The van der Waals surface area contributed by atoms with E-state index in [9.17, 15) is 9.59 Å². The molecule has 2 aliphatic heterocycles. The van der Waals surface area contributed by atoms with Gasteiger partial charge in [0.15, 0.2) is 0 Å². The molecule has 2 saturated heterocycles. The zero-order chi connectivity index (χ0) is 13.0. The van der Waals surface area contributed by atoms with Crippen LogP contribution in [0.3, 0.4) is 0 Å². The molecule has 2 amide bonds. The van der Waals surface area contributed by atoms with Crippen LogP contribution in [0.5, 0.6) is 0 Å². The summed E-state index contributed by atoms with van der Waals surface area (Å²) in [6.07, 6.45) is 1.22. The molecule has 0 aromatic heterocycles. The molecule has 2 heterocycles. The zero-order valence-corrected chi connectivity index (χ0v) is 10.8. The van der Waals surface area contributed by atoms with E-state index >= 15 is 0 Å². The predicted octanol–water partition coefficient (Wildman–Crippen LogP) is 0.466. The van der Waals surface area contributed by atoms with Crippen LogP contribution in [-0.2, 0) is 14.3 Å². The second-order valence-corrected chi connectivity index (χ2v) is 4.49. The van der Waals surface area contributed by atoms with Crippen molar-refractivity contribution in [3.63, 3.8) is 0 Å². The monoisotopic (exact) mass is 256 g/mol. The lowest BCUT2D eigenvalue weighted by molar-refractivity contribution is -0.139. The van der Waals surface area contributed by atoms with Crippen LogP contribution in [0.1, 0.15) is 19.8 Å². The maximum atomic E-state index is 12.3. The molecule has 2 aliphatic rings. The van der Waals surface area contributed by atoms with Crippen LogP contribution < -0.4 is 0 Å². The Morgan fingerprint density at radius 1 is 1.28 bits per heavy atom. The summed E-state index contributed by atoms with van der Waals surface area (Å²) in [6.45, 7) is 5.12. The van der Waals surface area contributed by atoms with Crippen molar-refractivity contribution in [3.8, 4) is 0 Å². The highest BCUT2D eigenvalue weighted by atomic mass is 16.6. The molecule has 0 aliphatic carbocycles. The Balaban J connectivity index is 1.97. The van der Waals surface area contributed by atoms with Gasteiger partial charge in [-0.3, -0.25) is 9.69 Å². The van der Waals surface area contributed by atoms with Gasteiger partial charge in [0.05, 0.1) is 19.8 Å². The Morgan fingerprint density at radius 3 is 2.67 bits per heavy atom. The van der Waals surface area contributed by atoms with E-state index in [0.717, 1.165) is 12.8 Å². The number of rotatable bonds is 2. The fourth-order valence-electron chi connectivity index (χ4n) is 2.44. The van der Waals surface area contributed by atoms with Crippen LogP contribution in [-0.4, -0.2) is 67.3 Å². The number of likely N-dealkylation sites (tertiary alicyclic amines) is 1. The average molecular weight is 256 g/mol. The number of morpholine rings is 1. The summed E-state index contributed by atoms with van der Waals surface area (Å²) in [7, 11) is 0. The summed E-state index contributed by atoms with van der Waals surface area (Å²) in [5.41, 5.74) is 0. The highest BCUT2D eigenvalue weighted by molar-refractivity contribution is 5.86. The Morgan fingerprint density at radius 2 is 2.00 bits per heavy atom. The van der Waals surface area contributed by atoms with E-state index in [1.54, 1.807) is 16.7 Å². The molecule has 0 bridgehead atoms. The van der Waals surface area contributed by atoms with Gasteiger partial charge in [-0.05, 0) is 19.8 Å². The van der Waals surface area contributed by atoms with Gasteiger partial charge in [0.25, 0.3) is 0 Å². The highest BCUT2D eigenvalue weighted by Crippen LogP contribution is 2.20. The van der Waals surface area contributed by atoms with Crippen LogP contribution in [0.25, 0.3) is 0 Å². The molecule has 0 spiro atoms. The van der Waals surface area contributed by atoms with Crippen molar-refractivity contribution >= 4 is 12.0 Å². The Bertz CT molecular complexity index is 315. The summed E-state index contributed by atoms with van der Waals surface area (Å²) in [5.74, 6) is 0.0313. The van der Waals surface area contributed by atoms with Crippen molar-refractivity contribution < 1.29 is 19.1 Å². The second kappa shape index (κ2) is 6.04. The first-order valence-corrected chi connectivity index (χ1v) is 6.54. The summed E-state index contributed by atoms with van der Waals surface area (Å²) >= 11 is 0. The van der Waals surface area contributed by atoms with E-state index in [4.69, 9.17) is 9.47 Å². The summed E-state index contributed by atoms with van der Waals surface area (Å²) in [5, 5.41) is 0. The van der Waals surface area contributed by atoms with E-state index in [1.165, 1.54) is 0 Å². The quantitative estimate of drug-likeness (QED) is 0.720. The van der Waals surface area contributed by atoms with Gasteiger partial charge in [0, 0.05) is 19.6 Å². The third-order valence-corrected chi connectivity index (χ3v) is 3.36. The molecule has 18 heavy (non-hydrogen) atoms. The van der Waals surface area contributed by atoms with Crippen molar-refractivity contribution in [2.45, 2.75) is 25.8 Å². The molecule has 0 aromatic carbocycles. The molecule has 6 nitrogen and oxygen atoms in total. The lowest BCUT2D eigenvalue weighted by atomic mass is 10.2. The lowest BCUT2D eigenvalue weighted by Crippen LogP contribution is -2.51. The molecule has 0 unspecified atom stereocenters. The number of carbonyl (C=O) groups excluding carboxylic acids is 2. The SMILES string of the molecule is CCOC(=O)N1CCC[C@H]1C(=O)N1CCOCC1. The predicted molar refractivity (Wildman–Crippen MR) is 64.1 cm³/mol. The number of nitrogens with zero attached hydrogens (tertiary/aromatic N) is 2. The van der Waals surface area contributed by atoms with E-state index in [0.29, 0.717) is 39.5 Å². The van der Waals surface area contributed by atoms with Gasteiger partial charge in [-0.1, -0.05) is 0 Å². The average Bonchev–Trinajstić information content (AvgIpc) is 2.88. The largest absolute Gasteiger partial charge is 0.450 e. The van der Waals surface area contributed by atoms with Crippen molar-refractivity contribution in [2.75, 3.05) is 39.5 Å². The van der Waals surface area contributed by atoms with Crippen LogP contribution in [0.2, 0.25) is 0 Å². The fraction of sp³-hybridized carbons (Fsp3) is 0.833. The molecule has 0 aromatic rings. The lowest BCUT2D eigenvalue weighted by Gasteiger charge is -2.32. The summed E-state index contributed by atoms with van der Waals surface area (Å²) in [6, 6.07) is -0.345. The van der Waals surface area contributed by atoms with Crippen molar-refractivity contribution in [1.82, 2.24) is 9.80 Å². The van der Waals surface area contributed by atoms with E-state index in [2.05, 4.69) is 0 Å². The molecular formula is C12H20N2O4. The Hall–Kier alpha value is -1.30. The van der Waals surface area contributed by atoms with Gasteiger partial charge in [0.2, 0.25) is 5.91 Å². The first-order chi connectivity index (χ1) is 8.74. The molecule has 2 rings (SSSR count). The molecule has 2 fully saturated rings. The number of carbonyl (C=O) groups is 2. The maximum Gasteiger partial charge on any atom is 0.410 e. The molecule has 0 saturated carbocycles. The standard InChI is InChI=1S/C12H20N2O4/c1-2-18-12(16)14-5-3-4-10(14)11(15)13-6-8-17-9-7-13/h10H,2-9H2,1H3/t10-/m0/s1. The first-order valence-electron chi connectivity index (χ1n) is 6.54. The van der Waals surface area contributed by atoms with Crippen molar-refractivity contribution in [3.05, 3.63) is 0 Å². The minimum Gasteiger partial charge on any atom is -0.450 e. The molecule has 102 valence electrons. The Kier molecular flexibility index (Phi) is 4.41. The molecule has 1 atom stereocenters. The third-order valence-electron chi connectivity index (χ3n) is 3.36. The van der Waals surface area contributed by atoms with Gasteiger partial charge in [0.1, 0.15) is 6.04 Å². The normalized spacial score (nSPS) is 24.2. The maximum absolute atomic E-state index is 12.3. The summed E-state index contributed by atoms with van der Waals surface area (Å²) < 4.78 is 10.2. The smallest absolute Gasteiger partial charge is 0.410 e. The van der Waals surface area contributed by atoms with Crippen LogP contribution >= 0.6 is 0 Å². The fourth-order valence-corrected chi connectivity index (χ4v) is 2.44. The minimum absolute atomic E-state index is 0.0313. The summed E-state index contributed by atoms with van der Waals surface area (Å²) in [4.78, 5) is 27.4. The number of hydrogen-bond donors (Lipinski definition) is 0. The van der Waals surface area contributed by atoms with Crippen LogP contribution in [0.15, 0.2) is 0 Å². The van der Waals surface area contributed by atoms with E-state index in [1.807, 2.05) is 0 Å². The zero-order valence-electron chi connectivity index (χ0n) is 10.8. The molecule has 6 heteroatoms. The van der Waals surface area contributed by atoms with Crippen LogP contribution in [0.4, 0.5) is 4.79 Å². The van der Waals surface area contributed by atoms with Gasteiger partial charge in [-0.2, -0.15) is 0 Å².